The van der Waals surface area contributed by atoms with Crippen LogP contribution in [-0.2, 0) is 4.79 Å². The van der Waals surface area contributed by atoms with Crippen molar-refractivity contribution in [2.24, 2.45) is 5.92 Å². The van der Waals surface area contributed by atoms with Crippen LogP contribution in [-0.4, -0.2) is 24.4 Å². The number of nitrogens with zero attached hydrogens (tertiary/aromatic N) is 1. The first kappa shape index (κ1) is 10.0. The summed E-state index contributed by atoms with van der Waals surface area (Å²) in [5, 5.41) is 0. The lowest BCUT2D eigenvalue weighted by Crippen LogP contribution is -2.32. The maximum absolute atomic E-state index is 10.5. The Bertz CT molecular complexity index is 212. The number of rotatable bonds is 3. The van der Waals surface area contributed by atoms with Crippen LogP contribution < -0.4 is 0 Å². The third-order valence-corrected chi connectivity index (χ3v) is 2.70. The minimum atomic E-state index is 0.647. The Morgan fingerprint density at radius 2 is 2.08 bits per heavy atom. The van der Waals surface area contributed by atoms with Gasteiger partial charge >= 0.3 is 0 Å². The second-order valence-corrected chi connectivity index (χ2v) is 3.56. The van der Waals surface area contributed by atoms with E-state index in [1.165, 1.54) is 5.57 Å². The Morgan fingerprint density at radius 3 is 2.54 bits per heavy atom. The lowest BCUT2D eigenvalue weighted by molar-refractivity contribution is -0.119. The summed E-state index contributed by atoms with van der Waals surface area (Å²) in [6.07, 6.45) is 7.04. The molecule has 0 radical (unpaired) electrons. The molecule has 1 amide bonds. The fourth-order valence-electron chi connectivity index (χ4n) is 1.78. The number of amides is 1. The molecule has 0 aromatic heterocycles. The van der Waals surface area contributed by atoms with Crippen LogP contribution in [0.2, 0.25) is 0 Å². The Kier molecular flexibility index (Phi) is 3.74. The van der Waals surface area contributed by atoms with Gasteiger partial charge in [-0.05, 0) is 25.7 Å². The third kappa shape index (κ3) is 2.72. The molecule has 0 unspecified atom stereocenters. The third-order valence-electron chi connectivity index (χ3n) is 2.70. The quantitative estimate of drug-likeness (QED) is 0.479. The number of carbonyl (C=O) groups excluding carboxylic acids is 1. The van der Waals surface area contributed by atoms with E-state index in [1.807, 2.05) is 11.0 Å². The van der Waals surface area contributed by atoms with Crippen molar-refractivity contribution in [2.45, 2.75) is 19.8 Å². The topological polar surface area (TPSA) is 20.3 Å². The van der Waals surface area contributed by atoms with Crippen molar-refractivity contribution in [1.82, 2.24) is 4.90 Å². The molecule has 0 N–H and O–H groups in total. The Labute approximate surface area is 79.9 Å². The molecule has 1 aliphatic rings. The van der Waals surface area contributed by atoms with E-state index in [2.05, 4.69) is 19.6 Å². The van der Waals surface area contributed by atoms with Crippen molar-refractivity contribution in [3.05, 3.63) is 24.3 Å². The van der Waals surface area contributed by atoms with E-state index in [0.29, 0.717) is 5.92 Å². The van der Waals surface area contributed by atoms with Gasteiger partial charge in [-0.25, -0.2) is 0 Å². The molecule has 13 heavy (non-hydrogen) atoms. The van der Waals surface area contributed by atoms with E-state index in [9.17, 15) is 4.79 Å². The molecule has 1 aliphatic heterocycles. The number of piperidine rings is 1. The second-order valence-electron chi connectivity index (χ2n) is 3.56. The second kappa shape index (κ2) is 4.85. The van der Waals surface area contributed by atoms with Gasteiger partial charge in [0.2, 0.25) is 6.41 Å². The molecule has 0 aromatic carbocycles. The van der Waals surface area contributed by atoms with Crippen molar-refractivity contribution in [3.8, 4) is 0 Å². The first-order valence-corrected chi connectivity index (χ1v) is 4.76. The van der Waals surface area contributed by atoms with Gasteiger partial charge < -0.3 is 4.90 Å². The predicted octanol–water partition coefficient (Wildman–Crippen LogP) is 1.99. The van der Waals surface area contributed by atoms with E-state index in [4.69, 9.17) is 0 Å². The first-order valence-electron chi connectivity index (χ1n) is 4.76. The molecule has 2 heteroatoms. The Balaban J connectivity index is 2.44. The van der Waals surface area contributed by atoms with Crippen LogP contribution in [0.15, 0.2) is 24.3 Å². The van der Waals surface area contributed by atoms with E-state index in [-0.39, 0.29) is 0 Å². The molecule has 0 aromatic rings. The highest BCUT2D eigenvalue weighted by molar-refractivity contribution is 5.47. The normalized spacial score (nSPS) is 20.1. The molecule has 1 saturated heterocycles. The highest BCUT2D eigenvalue weighted by atomic mass is 16.1. The summed E-state index contributed by atoms with van der Waals surface area (Å²) < 4.78 is 0. The number of hydrogen-bond donors (Lipinski definition) is 0. The van der Waals surface area contributed by atoms with Gasteiger partial charge in [0, 0.05) is 13.1 Å². The maximum atomic E-state index is 10.5. The first-order chi connectivity index (χ1) is 6.27. The summed E-state index contributed by atoms with van der Waals surface area (Å²) in [6.45, 7) is 7.62. The summed E-state index contributed by atoms with van der Waals surface area (Å²) in [5.41, 5.74) is 1.39. The molecular weight excluding hydrogens is 162 g/mol. The molecule has 1 rings (SSSR count). The van der Waals surface area contributed by atoms with Gasteiger partial charge in [-0.2, -0.15) is 0 Å². The van der Waals surface area contributed by atoms with Gasteiger partial charge in [0.1, 0.15) is 0 Å². The molecule has 0 aliphatic carbocycles. The van der Waals surface area contributed by atoms with Gasteiger partial charge in [0.25, 0.3) is 0 Å². The zero-order valence-electron chi connectivity index (χ0n) is 8.20. The zero-order valence-corrected chi connectivity index (χ0v) is 8.20. The molecular formula is C11H17NO. The Hall–Kier alpha value is -1.05. The molecule has 0 atom stereocenters. The van der Waals surface area contributed by atoms with Crippen molar-refractivity contribution >= 4 is 6.41 Å². The minimum Gasteiger partial charge on any atom is -0.345 e. The van der Waals surface area contributed by atoms with Gasteiger partial charge in [-0.3, -0.25) is 4.79 Å². The van der Waals surface area contributed by atoms with E-state index in [1.54, 1.807) is 0 Å². The lowest BCUT2D eigenvalue weighted by atomic mass is 9.90. The lowest BCUT2D eigenvalue weighted by Gasteiger charge is -2.29. The van der Waals surface area contributed by atoms with E-state index >= 15 is 0 Å². The molecule has 72 valence electrons. The fourth-order valence-corrected chi connectivity index (χ4v) is 1.78. The van der Waals surface area contributed by atoms with E-state index in [0.717, 1.165) is 32.3 Å². The number of likely N-dealkylation sites (tertiary alicyclic amines) is 1. The average Bonchev–Trinajstić information content (AvgIpc) is 2.18. The molecule has 0 saturated carbocycles. The van der Waals surface area contributed by atoms with Crippen LogP contribution in [0.1, 0.15) is 19.8 Å². The summed E-state index contributed by atoms with van der Waals surface area (Å²) >= 11 is 0. The van der Waals surface area contributed by atoms with Crippen LogP contribution in [0.4, 0.5) is 0 Å². The van der Waals surface area contributed by atoms with Crippen molar-refractivity contribution in [3.63, 3.8) is 0 Å². The fraction of sp³-hybridized carbons (Fsp3) is 0.545. The van der Waals surface area contributed by atoms with Crippen LogP contribution in [0.25, 0.3) is 0 Å². The summed E-state index contributed by atoms with van der Waals surface area (Å²) in [7, 11) is 0. The van der Waals surface area contributed by atoms with Crippen molar-refractivity contribution in [2.75, 3.05) is 13.1 Å². The predicted molar refractivity (Wildman–Crippen MR) is 54.3 cm³/mol. The molecule has 2 nitrogen and oxygen atoms in total. The summed E-state index contributed by atoms with van der Waals surface area (Å²) in [6, 6.07) is 0. The molecule has 1 heterocycles. The molecule has 0 bridgehead atoms. The maximum Gasteiger partial charge on any atom is 0.209 e. The van der Waals surface area contributed by atoms with Gasteiger partial charge in [0.05, 0.1) is 0 Å². The van der Waals surface area contributed by atoms with E-state index < -0.39 is 0 Å². The van der Waals surface area contributed by atoms with Crippen LogP contribution in [0.5, 0.6) is 0 Å². The van der Waals surface area contributed by atoms with Crippen molar-refractivity contribution in [1.29, 1.82) is 0 Å². The summed E-state index contributed by atoms with van der Waals surface area (Å²) in [5.74, 6) is 0.647. The monoisotopic (exact) mass is 179 g/mol. The number of allylic oxidation sites excluding steroid dienone is 3. The summed E-state index contributed by atoms with van der Waals surface area (Å²) in [4.78, 5) is 12.3. The zero-order chi connectivity index (χ0) is 9.68. The highest BCUT2D eigenvalue weighted by Gasteiger charge is 2.18. The number of carbonyl (C=O) groups is 1. The standard InChI is InChI=1S/C11H17NO/c1-3-4-10(2)11-5-7-12(9-13)8-6-11/h3-4,9,11H,1,5-8H2,2H3/b10-4+. The van der Waals surface area contributed by atoms with Gasteiger partial charge in [-0.1, -0.05) is 24.3 Å². The average molecular weight is 179 g/mol. The number of hydrogen-bond acceptors (Lipinski definition) is 1. The van der Waals surface area contributed by atoms with Gasteiger partial charge in [0.15, 0.2) is 0 Å². The smallest absolute Gasteiger partial charge is 0.209 e. The highest BCUT2D eigenvalue weighted by Crippen LogP contribution is 2.23. The molecule has 0 spiro atoms. The van der Waals surface area contributed by atoms with Crippen molar-refractivity contribution < 1.29 is 4.79 Å². The van der Waals surface area contributed by atoms with Crippen LogP contribution in [0.3, 0.4) is 0 Å². The SMILES string of the molecule is C=C/C=C(\C)C1CCN(C=O)CC1. The van der Waals surface area contributed by atoms with Crippen LogP contribution in [0, 0.1) is 5.92 Å². The van der Waals surface area contributed by atoms with Gasteiger partial charge in [-0.15, -0.1) is 0 Å². The Morgan fingerprint density at radius 1 is 1.46 bits per heavy atom. The minimum absolute atomic E-state index is 0.647. The largest absolute Gasteiger partial charge is 0.345 e. The van der Waals surface area contributed by atoms with Crippen LogP contribution >= 0.6 is 0 Å². The molecule has 1 fully saturated rings.